The molecule has 0 atom stereocenters. The van der Waals surface area contributed by atoms with Crippen molar-refractivity contribution in [1.29, 1.82) is 0 Å². The lowest BCUT2D eigenvalue weighted by Gasteiger charge is -2.06. The molecule has 0 aliphatic carbocycles. The van der Waals surface area contributed by atoms with Crippen LogP contribution < -0.4 is 10.1 Å². The summed E-state index contributed by atoms with van der Waals surface area (Å²) in [5.41, 5.74) is 1.40. The molecule has 0 unspecified atom stereocenters. The predicted molar refractivity (Wildman–Crippen MR) is 79.9 cm³/mol. The van der Waals surface area contributed by atoms with Crippen molar-refractivity contribution in [2.45, 2.75) is 32.6 Å². The van der Waals surface area contributed by atoms with Crippen LogP contribution in [0.25, 0.3) is 0 Å². The van der Waals surface area contributed by atoms with Crippen LogP contribution in [0.5, 0.6) is 5.75 Å². The number of rotatable bonds is 11. The molecule has 0 spiro atoms. The molecule has 0 heterocycles. The molecule has 0 bridgehead atoms. The zero-order chi connectivity index (χ0) is 13.8. The molecule has 0 amide bonds. The molecule has 1 aromatic rings. The van der Waals surface area contributed by atoms with E-state index in [1.54, 1.807) is 7.11 Å². The van der Waals surface area contributed by atoms with E-state index in [0.717, 1.165) is 38.5 Å². The maximum absolute atomic E-state index is 5.43. The summed E-state index contributed by atoms with van der Waals surface area (Å²) in [4.78, 5) is 0. The molecule has 0 saturated carbocycles. The first kappa shape index (κ1) is 16.0. The Morgan fingerprint density at radius 3 is 2.47 bits per heavy atom. The highest BCUT2D eigenvalue weighted by atomic mass is 16.5. The van der Waals surface area contributed by atoms with E-state index in [9.17, 15) is 0 Å². The number of unbranched alkanes of at least 4 members (excludes halogenated alkanes) is 2. The van der Waals surface area contributed by atoms with Crippen LogP contribution in [0, 0.1) is 0 Å². The van der Waals surface area contributed by atoms with Crippen molar-refractivity contribution in [2.75, 3.05) is 33.4 Å². The molecule has 0 saturated heterocycles. The van der Waals surface area contributed by atoms with Gasteiger partial charge in [-0.3, -0.25) is 0 Å². The Morgan fingerprint density at radius 2 is 1.79 bits per heavy atom. The Morgan fingerprint density at radius 1 is 1.00 bits per heavy atom. The van der Waals surface area contributed by atoms with E-state index < -0.39 is 0 Å². The highest BCUT2D eigenvalue weighted by Gasteiger charge is 1.96. The van der Waals surface area contributed by atoms with E-state index in [0.29, 0.717) is 0 Å². The fourth-order valence-electron chi connectivity index (χ4n) is 1.97. The third-order valence-electron chi connectivity index (χ3n) is 3.04. The Kier molecular flexibility index (Phi) is 9.11. The van der Waals surface area contributed by atoms with Crippen molar-refractivity contribution >= 4 is 0 Å². The number of aryl methyl sites for hydroxylation is 1. The van der Waals surface area contributed by atoms with Crippen LogP contribution in [0.3, 0.4) is 0 Å². The average molecular weight is 265 g/mol. The van der Waals surface area contributed by atoms with Crippen molar-refractivity contribution in [3.05, 3.63) is 29.8 Å². The molecule has 19 heavy (non-hydrogen) atoms. The van der Waals surface area contributed by atoms with Gasteiger partial charge in [0.15, 0.2) is 0 Å². The number of hydrogen-bond acceptors (Lipinski definition) is 3. The fraction of sp³-hybridized carbons (Fsp3) is 0.625. The lowest BCUT2D eigenvalue weighted by molar-refractivity contribution is 0.199. The van der Waals surface area contributed by atoms with Crippen molar-refractivity contribution in [2.24, 2.45) is 0 Å². The van der Waals surface area contributed by atoms with Gasteiger partial charge in [-0.25, -0.2) is 0 Å². The van der Waals surface area contributed by atoms with Crippen molar-refractivity contribution < 1.29 is 9.47 Å². The van der Waals surface area contributed by atoms with Gasteiger partial charge in [0.2, 0.25) is 0 Å². The second-order valence-corrected chi connectivity index (χ2v) is 4.63. The first-order valence-electron chi connectivity index (χ1n) is 7.28. The molecule has 0 aliphatic heterocycles. The molecular formula is C16H27NO2. The van der Waals surface area contributed by atoms with Gasteiger partial charge in [0.05, 0.1) is 13.2 Å². The Hall–Kier alpha value is -1.06. The molecule has 108 valence electrons. The third-order valence-corrected chi connectivity index (χ3v) is 3.04. The van der Waals surface area contributed by atoms with Gasteiger partial charge in [0.1, 0.15) is 5.75 Å². The summed E-state index contributed by atoms with van der Waals surface area (Å²) >= 11 is 0. The van der Waals surface area contributed by atoms with Crippen LogP contribution in [0.15, 0.2) is 24.3 Å². The zero-order valence-electron chi connectivity index (χ0n) is 12.3. The lowest BCUT2D eigenvalue weighted by Crippen LogP contribution is -2.20. The maximum Gasteiger partial charge on any atom is 0.119 e. The molecule has 3 heteroatoms. The monoisotopic (exact) mass is 265 g/mol. The summed E-state index contributed by atoms with van der Waals surface area (Å²) in [7, 11) is 1.73. The molecule has 1 rings (SSSR count). The third kappa shape index (κ3) is 7.85. The molecule has 1 N–H and O–H groups in total. The minimum absolute atomic E-state index is 0.732. The summed E-state index contributed by atoms with van der Waals surface area (Å²) in [5.74, 6) is 0.966. The van der Waals surface area contributed by atoms with Gasteiger partial charge >= 0.3 is 0 Å². The minimum atomic E-state index is 0.732. The van der Waals surface area contributed by atoms with E-state index in [2.05, 4.69) is 29.6 Å². The van der Waals surface area contributed by atoms with E-state index in [-0.39, 0.29) is 0 Å². The molecule has 0 fully saturated rings. The Balaban J connectivity index is 2.02. The van der Waals surface area contributed by atoms with Crippen LogP contribution in [0.4, 0.5) is 0 Å². The second kappa shape index (κ2) is 10.8. The maximum atomic E-state index is 5.43. The minimum Gasteiger partial charge on any atom is -0.494 e. The van der Waals surface area contributed by atoms with Crippen LogP contribution in [-0.2, 0) is 11.2 Å². The first-order valence-corrected chi connectivity index (χ1v) is 7.28. The molecule has 0 aliphatic rings. The smallest absolute Gasteiger partial charge is 0.119 e. The molecule has 0 aromatic heterocycles. The highest BCUT2D eigenvalue weighted by Crippen LogP contribution is 2.14. The first-order chi connectivity index (χ1) is 9.36. The van der Waals surface area contributed by atoms with Gasteiger partial charge in [0, 0.05) is 13.7 Å². The number of ether oxygens (including phenoxy) is 2. The van der Waals surface area contributed by atoms with Gasteiger partial charge in [-0.2, -0.15) is 0 Å². The van der Waals surface area contributed by atoms with Crippen molar-refractivity contribution in [3.8, 4) is 5.75 Å². The van der Waals surface area contributed by atoms with E-state index in [1.807, 2.05) is 6.92 Å². The summed E-state index contributed by atoms with van der Waals surface area (Å²) in [6.07, 6.45) is 4.92. The van der Waals surface area contributed by atoms with Crippen LogP contribution >= 0.6 is 0 Å². The number of hydrogen-bond donors (Lipinski definition) is 1. The van der Waals surface area contributed by atoms with Crippen molar-refractivity contribution in [1.82, 2.24) is 5.32 Å². The van der Waals surface area contributed by atoms with Gasteiger partial charge in [-0.15, -0.1) is 0 Å². The van der Waals surface area contributed by atoms with Gasteiger partial charge in [-0.1, -0.05) is 18.6 Å². The summed E-state index contributed by atoms with van der Waals surface area (Å²) < 4.78 is 10.4. The van der Waals surface area contributed by atoms with Crippen molar-refractivity contribution in [3.63, 3.8) is 0 Å². The number of nitrogens with one attached hydrogen (secondary N) is 1. The highest BCUT2D eigenvalue weighted by molar-refractivity contribution is 5.27. The zero-order valence-corrected chi connectivity index (χ0v) is 12.3. The van der Waals surface area contributed by atoms with Gasteiger partial charge < -0.3 is 14.8 Å². The largest absolute Gasteiger partial charge is 0.494 e. The van der Waals surface area contributed by atoms with E-state index in [1.165, 1.54) is 24.8 Å². The summed E-state index contributed by atoms with van der Waals surface area (Å²) in [6.45, 7) is 5.58. The molecule has 1 aromatic carbocycles. The van der Waals surface area contributed by atoms with E-state index >= 15 is 0 Å². The summed E-state index contributed by atoms with van der Waals surface area (Å²) in [6, 6.07) is 8.46. The molecule has 3 nitrogen and oxygen atoms in total. The molecule has 0 radical (unpaired) electrons. The summed E-state index contributed by atoms with van der Waals surface area (Å²) in [5, 5.41) is 3.36. The van der Waals surface area contributed by atoms with Crippen LogP contribution in [-0.4, -0.2) is 33.4 Å². The van der Waals surface area contributed by atoms with E-state index in [4.69, 9.17) is 9.47 Å². The topological polar surface area (TPSA) is 30.5 Å². The van der Waals surface area contributed by atoms with Gasteiger partial charge in [-0.05, 0) is 50.4 Å². The van der Waals surface area contributed by atoms with Gasteiger partial charge in [0.25, 0.3) is 0 Å². The quantitative estimate of drug-likeness (QED) is 0.624. The second-order valence-electron chi connectivity index (χ2n) is 4.63. The normalized spacial score (nSPS) is 10.6. The number of benzene rings is 1. The predicted octanol–water partition coefficient (Wildman–Crippen LogP) is 3.03. The number of methoxy groups -OCH3 is 1. The standard InChI is InChI=1S/C16H27NO2/c1-3-19-16-10-8-15(9-11-16)7-5-4-6-12-17-13-14-18-2/h8-11,17H,3-7,12-14H2,1-2H3. The Bertz CT molecular complexity index is 311. The fourth-order valence-corrected chi connectivity index (χ4v) is 1.97. The Labute approximate surface area is 117 Å². The van der Waals surface area contributed by atoms with Crippen LogP contribution in [0.2, 0.25) is 0 Å². The lowest BCUT2D eigenvalue weighted by atomic mass is 10.1. The SMILES string of the molecule is CCOc1ccc(CCCCCNCCOC)cc1. The van der Waals surface area contributed by atoms with Crippen LogP contribution in [0.1, 0.15) is 31.7 Å². The average Bonchev–Trinajstić information content (AvgIpc) is 2.44. The molecular weight excluding hydrogens is 238 g/mol.